The molecule has 0 aliphatic rings. The fourth-order valence-corrected chi connectivity index (χ4v) is 1.55. The number of nitrogens with two attached hydrogens (primary N) is 1. The average molecular weight is 240 g/mol. The van der Waals surface area contributed by atoms with Gasteiger partial charge in [-0.3, -0.25) is 4.98 Å². The van der Waals surface area contributed by atoms with Gasteiger partial charge in [0.15, 0.2) is 11.6 Å². The maximum Gasteiger partial charge on any atom is 0.160 e. The van der Waals surface area contributed by atoms with Crippen molar-refractivity contribution < 1.29 is 0 Å². The minimum atomic E-state index is 0.450. The maximum atomic E-state index is 9.12. The summed E-state index contributed by atoms with van der Waals surface area (Å²) in [6.07, 6.45) is 3.07. The minimum absolute atomic E-state index is 0.450. The number of aromatic nitrogens is 2. The molecule has 1 aromatic heterocycles. The van der Waals surface area contributed by atoms with E-state index < -0.39 is 0 Å². The second kappa shape index (κ2) is 5.12. The molecule has 0 atom stereocenters. The number of benzene rings is 1. The zero-order valence-corrected chi connectivity index (χ0v) is 9.81. The molecule has 0 radical (unpaired) electrons. The van der Waals surface area contributed by atoms with E-state index in [1.165, 1.54) is 6.20 Å². The van der Waals surface area contributed by atoms with Crippen LogP contribution in [-0.4, -0.2) is 9.97 Å². The lowest BCUT2D eigenvalue weighted by atomic mass is 10.1. The van der Waals surface area contributed by atoms with E-state index in [0.717, 1.165) is 5.56 Å². The fourth-order valence-electron chi connectivity index (χ4n) is 1.55. The Bertz CT molecular complexity index is 602. The van der Waals surface area contributed by atoms with Crippen molar-refractivity contribution in [1.29, 1.82) is 5.26 Å². The quantitative estimate of drug-likeness (QED) is 0.557. The van der Waals surface area contributed by atoms with E-state index in [2.05, 4.69) is 26.8 Å². The molecule has 0 amide bonds. The number of nitrogens with one attached hydrogen (secondary N) is 2. The molecule has 0 aliphatic heterocycles. The van der Waals surface area contributed by atoms with Gasteiger partial charge in [-0.05, 0) is 18.6 Å². The van der Waals surface area contributed by atoms with Gasteiger partial charge in [0, 0.05) is 0 Å². The van der Waals surface area contributed by atoms with Crippen LogP contribution in [-0.2, 0) is 0 Å². The van der Waals surface area contributed by atoms with Gasteiger partial charge in [0.2, 0.25) is 0 Å². The number of rotatable bonds is 3. The van der Waals surface area contributed by atoms with Crippen LogP contribution in [0.2, 0.25) is 0 Å². The molecule has 0 saturated heterocycles. The van der Waals surface area contributed by atoms with Crippen molar-refractivity contribution in [3.05, 3.63) is 41.7 Å². The largest absolute Gasteiger partial charge is 0.338 e. The van der Waals surface area contributed by atoms with Crippen LogP contribution in [0.3, 0.4) is 0 Å². The van der Waals surface area contributed by atoms with Gasteiger partial charge in [-0.25, -0.2) is 10.8 Å². The molecule has 0 spiro atoms. The third kappa shape index (κ3) is 2.36. The van der Waals surface area contributed by atoms with Crippen LogP contribution in [0.4, 0.5) is 17.3 Å². The van der Waals surface area contributed by atoms with Gasteiger partial charge in [-0.15, -0.1) is 0 Å². The molecule has 0 unspecified atom stereocenters. The molecule has 1 heterocycles. The highest BCUT2D eigenvalue weighted by Crippen LogP contribution is 2.21. The molecule has 0 saturated carbocycles. The fraction of sp³-hybridized carbons (Fsp3) is 0.0833. The summed E-state index contributed by atoms with van der Waals surface area (Å²) >= 11 is 0. The molecule has 0 fully saturated rings. The Balaban J connectivity index is 2.34. The van der Waals surface area contributed by atoms with Crippen LogP contribution in [0.15, 0.2) is 30.6 Å². The lowest BCUT2D eigenvalue weighted by Crippen LogP contribution is -2.09. The van der Waals surface area contributed by atoms with Crippen LogP contribution in [0.1, 0.15) is 11.1 Å². The highest BCUT2D eigenvalue weighted by atomic mass is 15.3. The molecule has 90 valence electrons. The van der Waals surface area contributed by atoms with E-state index in [-0.39, 0.29) is 0 Å². The van der Waals surface area contributed by atoms with Gasteiger partial charge in [0.05, 0.1) is 23.6 Å². The molecule has 0 aliphatic carbocycles. The summed E-state index contributed by atoms with van der Waals surface area (Å²) in [7, 11) is 0. The van der Waals surface area contributed by atoms with Crippen molar-refractivity contribution in [2.45, 2.75) is 6.92 Å². The zero-order valence-electron chi connectivity index (χ0n) is 9.81. The van der Waals surface area contributed by atoms with Crippen LogP contribution in [0, 0.1) is 18.3 Å². The summed E-state index contributed by atoms with van der Waals surface area (Å²) < 4.78 is 0. The molecule has 2 aromatic rings. The first-order valence-corrected chi connectivity index (χ1v) is 5.30. The van der Waals surface area contributed by atoms with Gasteiger partial charge in [0.25, 0.3) is 0 Å². The molecular weight excluding hydrogens is 228 g/mol. The number of nitrogen functional groups attached to an aromatic ring is 1. The molecular formula is C12H12N6. The summed E-state index contributed by atoms with van der Waals surface area (Å²) in [5, 5.41) is 12.2. The van der Waals surface area contributed by atoms with E-state index in [9.17, 15) is 0 Å². The second-order valence-corrected chi connectivity index (χ2v) is 3.67. The number of hydrogen-bond acceptors (Lipinski definition) is 6. The van der Waals surface area contributed by atoms with Crippen LogP contribution >= 0.6 is 0 Å². The lowest BCUT2D eigenvalue weighted by molar-refractivity contribution is 1.16. The normalized spacial score (nSPS) is 9.61. The first-order valence-electron chi connectivity index (χ1n) is 5.30. The Morgan fingerprint density at radius 1 is 1.28 bits per heavy atom. The van der Waals surface area contributed by atoms with E-state index in [1.54, 1.807) is 6.20 Å². The SMILES string of the molecule is Cc1cccc(Nc2cncc(NN)n2)c1C#N. The second-order valence-electron chi connectivity index (χ2n) is 3.67. The topological polar surface area (TPSA) is 99.7 Å². The number of nitrogens with zero attached hydrogens (tertiary/aromatic N) is 3. The van der Waals surface area contributed by atoms with E-state index in [1.807, 2.05) is 25.1 Å². The highest BCUT2D eigenvalue weighted by molar-refractivity contribution is 5.66. The Morgan fingerprint density at radius 2 is 2.06 bits per heavy atom. The Hall–Kier alpha value is -2.65. The average Bonchev–Trinajstić information content (AvgIpc) is 2.39. The van der Waals surface area contributed by atoms with Gasteiger partial charge in [-0.2, -0.15) is 5.26 Å². The van der Waals surface area contributed by atoms with E-state index >= 15 is 0 Å². The number of anilines is 3. The maximum absolute atomic E-state index is 9.12. The first kappa shape index (κ1) is 11.8. The van der Waals surface area contributed by atoms with Crippen molar-refractivity contribution in [3.8, 4) is 6.07 Å². The smallest absolute Gasteiger partial charge is 0.160 e. The Labute approximate surface area is 104 Å². The molecule has 0 bridgehead atoms. The van der Waals surface area contributed by atoms with Crippen LogP contribution in [0.25, 0.3) is 0 Å². The summed E-state index contributed by atoms with van der Waals surface area (Å²) in [5.41, 5.74) is 4.60. The van der Waals surface area contributed by atoms with Crippen molar-refractivity contribution in [1.82, 2.24) is 9.97 Å². The van der Waals surface area contributed by atoms with E-state index in [4.69, 9.17) is 11.1 Å². The van der Waals surface area contributed by atoms with Crippen molar-refractivity contribution in [2.24, 2.45) is 5.84 Å². The summed E-state index contributed by atoms with van der Waals surface area (Å²) in [4.78, 5) is 8.15. The van der Waals surface area contributed by atoms with Gasteiger partial charge in [-0.1, -0.05) is 12.1 Å². The van der Waals surface area contributed by atoms with Crippen LogP contribution in [0.5, 0.6) is 0 Å². The zero-order chi connectivity index (χ0) is 13.0. The number of hydrazine groups is 1. The predicted octanol–water partition coefficient (Wildman–Crippen LogP) is 1.69. The molecule has 6 nitrogen and oxygen atoms in total. The molecule has 6 heteroatoms. The Kier molecular flexibility index (Phi) is 3.36. The van der Waals surface area contributed by atoms with Crippen molar-refractivity contribution in [3.63, 3.8) is 0 Å². The third-order valence-electron chi connectivity index (χ3n) is 2.43. The van der Waals surface area contributed by atoms with Crippen LogP contribution < -0.4 is 16.6 Å². The standard InChI is InChI=1S/C12H12N6/c1-8-3-2-4-10(9(8)5-13)16-11-6-15-7-12(17-11)18-14/h2-4,6-7H,14H2,1H3,(H2,16,17,18). The molecule has 4 N–H and O–H groups in total. The summed E-state index contributed by atoms with van der Waals surface area (Å²) in [6.45, 7) is 1.88. The van der Waals surface area contributed by atoms with Crippen molar-refractivity contribution >= 4 is 17.3 Å². The molecule has 18 heavy (non-hydrogen) atoms. The first-order chi connectivity index (χ1) is 8.74. The molecule has 1 aromatic carbocycles. The number of hydrogen-bond donors (Lipinski definition) is 3. The van der Waals surface area contributed by atoms with Gasteiger partial charge >= 0.3 is 0 Å². The van der Waals surface area contributed by atoms with E-state index in [0.29, 0.717) is 22.9 Å². The minimum Gasteiger partial charge on any atom is -0.338 e. The lowest BCUT2D eigenvalue weighted by Gasteiger charge is -2.09. The van der Waals surface area contributed by atoms with Crippen molar-refractivity contribution in [2.75, 3.05) is 10.7 Å². The third-order valence-corrected chi connectivity index (χ3v) is 2.43. The molecule has 2 rings (SSSR count). The van der Waals surface area contributed by atoms with Gasteiger partial charge in [0.1, 0.15) is 6.07 Å². The Morgan fingerprint density at radius 3 is 2.78 bits per heavy atom. The number of aryl methyl sites for hydroxylation is 1. The summed E-state index contributed by atoms with van der Waals surface area (Å²) in [5.74, 6) is 6.23. The van der Waals surface area contributed by atoms with Gasteiger partial charge < -0.3 is 10.7 Å². The monoisotopic (exact) mass is 240 g/mol. The number of nitriles is 1. The predicted molar refractivity (Wildman–Crippen MR) is 69.0 cm³/mol. The summed E-state index contributed by atoms with van der Waals surface area (Å²) in [6, 6.07) is 7.73. The highest BCUT2D eigenvalue weighted by Gasteiger charge is 2.06.